The highest BCUT2D eigenvalue weighted by molar-refractivity contribution is 5.99. The fourth-order valence-electron chi connectivity index (χ4n) is 2.01. The number of aromatic hydroxyl groups is 1. The second kappa shape index (κ2) is 6.10. The fourth-order valence-corrected chi connectivity index (χ4v) is 2.01. The predicted molar refractivity (Wildman–Crippen MR) is 81.2 cm³/mol. The van der Waals surface area contributed by atoms with Gasteiger partial charge in [0, 0.05) is 23.5 Å². The minimum absolute atomic E-state index is 0.0295. The molecule has 0 aromatic heterocycles. The molecule has 0 bridgehead atoms. The third-order valence-electron chi connectivity index (χ3n) is 3.11. The molecule has 0 saturated carbocycles. The van der Waals surface area contributed by atoms with Gasteiger partial charge in [-0.3, -0.25) is 4.79 Å². The van der Waals surface area contributed by atoms with Crippen LogP contribution in [-0.2, 0) is 6.42 Å². The van der Waals surface area contributed by atoms with Crippen LogP contribution in [0.5, 0.6) is 5.75 Å². The summed E-state index contributed by atoms with van der Waals surface area (Å²) in [6.45, 7) is 2.26. The molecule has 0 amide bonds. The maximum atomic E-state index is 11.3. The number of hydrogen-bond acceptors (Lipinski definition) is 4. The fraction of sp³-hybridized carbons (Fsp3) is 0.188. The van der Waals surface area contributed by atoms with E-state index in [-0.39, 0.29) is 11.5 Å². The number of nitrogen functional groups attached to an aromatic ring is 1. The van der Waals surface area contributed by atoms with Crippen molar-refractivity contribution in [1.82, 2.24) is 0 Å². The average Bonchev–Trinajstić information content (AvgIpc) is 2.41. The van der Waals surface area contributed by atoms with E-state index >= 15 is 0 Å². The van der Waals surface area contributed by atoms with Crippen molar-refractivity contribution in [3.8, 4) is 5.75 Å². The Morgan fingerprint density at radius 3 is 2.50 bits per heavy atom. The van der Waals surface area contributed by atoms with Gasteiger partial charge in [0.1, 0.15) is 5.75 Å². The lowest BCUT2D eigenvalue weighted by atomic mass is 10.1. The molecule has 0 heterocycles. The minimum Gasteiger partial charge on any atom is -0.508 e. The van der Waals surface area contributed by atoms with Crippen LogP contribution >= 0.6 is 0 Å². The second-order valence-electron chi connectivity index (χ2n) is 4.70. The summed E-state index contributed by atoms with van der Waals surface area (Å²) in [4.78, 5) is 11.3. The lowest BCUT2D eigenvalue weighted by Gasteiger charge is -2.09. The van der Waals surface area contributed by atoms with Gasteiger partial charge in [-0.2, -0.15) is 0 Å². The number of Topliss-reactive ketones (excluding diaryl/α,β-unsaturated/α-hetero) is 1. The molecule has 0 atom stereocenters. The van der Waals surface area contributed by atoms with Gasteiger partial charge in [-0.1, -0.05) is 12.1 Å². The summed E-state index contributed by atoms with van der Waals surface area (Å²) < 4.78 is 0. The van der Waals surface area contributed by atoms with Crippen molar-refractivity contribution in [2.24, 2.45) is 0 Å². The van der Waals surface area contributed by atoms with Gasteiger partial charge in [0.05, 0.1) is 0 Å². The molecule has 0 spiro atoms. The molecular formula is C16H18N2O2. The molecule has 0 saturated heterocycles. The highest BCUT2D eigenvalue weighted by atomic mass is 16.3. The zero-order valence-corrected chi connectivity index (χ0v) is 11.4. The van der Waals surface area contributed by atoms with Gasteiger partial charge < -0.3 is 16.2 Å². The van der Waals surface area contributed by atoms with E-state index in [2.05, 4.69) is 5.32 Å². The maximum Gasteiger partial charge on any atom is 0.161 e. The number of carbonyl (C=O) groups excluding carboxylic acids is 1. The van der Waals surface area contributed by atoms with Crippen molar-refractivity contribution in [2.45, 2.75) is 13.3 Å². The molecule has 2 rings (SSSR count). The van der Waals surface area contributed by atoms with Crippen molar-refractivity contribution in [2.75, 3.05) is 17.6 Å². The lowest BCUT2D eigenvalue weighted by molar-refractivity contribution is 0.101. The van der Waals surface area contributed by atoms with Crippen LogP contribution in [0, 0.1) is 0 Å². The molecule has 0 aliphatic carbocycles. The van der Waals surface area contributed by atoms with Crippen LogP contribution in [0.2, 0.25) is 0 Å². The summed E-state index contributed by atoms with van der Waals surface area (Å²) in [5.74, 6) is 0.243. The minimum atomic E-state index is -0.0295. The van der Waals surface area contributed by atoms with E-state index < -0.39 is 0 Å². The molecule has 2 aromatic rings. The summed E-state index contributed by atoms with van der Waals surface area (Å²) in [5.41, 5.74) is 8.91. The Labute approximate surface area is 118 Å². The highest BCUT2D eigenvalue weighted by Crippen LogP contribution is 2.18. The number of benzene rings is 2. The van der Waals surface area contributed by atoms with Crippen molar-refractivity contribution < 1.29 is 9.90 Å². The first-order chi connectivity index (χ1) is 9.56. The normalized spacial score (nSPS) is 10.2. The number of rotatable bonds is 5. The number of phenols is 1. The summed E-state index contributed by atoms with van der Waals surface area (Å²) >= 11 is 0. The molecule has 0 aliphatic heterocycles. The lowest BCUT2D eigenvalue weighted by Crippen LogP contribution is -2.06. The Morgan fingerprint density at radius 2 is 1.90 bits per heavy atom. The number of ketones is 1. The van der Waals surface area contributed by atoms with Crippen molar-refractivity contribution >= 4 is 17.2 Å². The quantitative estimate of drug-likeness (QED) is 0.577. The number of anilines is 2. The largest absolute Gasteiger partial charge is 0.508 e. The molecule has 0 radical (unpaired) electrons. The van der Waals surface area contributed by atoms with Crippen LogP contribution in [0.1, 0.15) is 22.8 Å². The molecule has 0 aliphatic rings. The predicted octanol–water partition coefficient (Wildman–Crippen LogP) is 2.83. The Morgan fingerprint density at radius 1 is 1.20 bits per heavy atom. The standard InChI is InChI=1S/C16H18N2O2/c1-11(19)15-7-4-13(10-16(15)17)18-9-8-12-2-5-14(20)6-3-12/h2-7,10,18,20H,8-9,17H2,1H3. The first-order valence-electron chi connectivity index (χ1n) is 6.48. The SMILES string of the molecule is CC(=O)c1ccc(NCCc2ccc(O)cc2)cc1N. The molecule has 4 heteroatoms. The molecule has 0 unspecified atom stereocenters. The third kappa shape index (κ3) is 3.51. The number of hydrogen-bond donors (Lipinski definition) is 3. The van der Waals surface area contributed by atoms with Gasteiger partial charge in [-0.25, -0.2) is 0 Å². The van der Waals surface area contributed by atoms with Crippen LogP contribution in [-0.4, -0.2) is 17.4 Å². The van der Waals surface area contributed by atoms with E-state index in [1.165, 1.54) is 6.92 Å². The van der Waals surface area contributed by atoms with E-state index in [0.29, 0.717) is 11.3 Å². The van der Waals surface area contributed by atoms with E-state index in [4.69, 9.17) is 5.73 Å². The van der Waals surface area contributed by atoms with Gasteiger partial charge in [-0.05, 0) is 49.2 Å². The monoisotopic (exact) mass is 270 g/mol. The smallest absolute Gasteiger partial charge is 0.161 e. The van der Waals surface area contributed by atoms with Crippen LogP contribution in [0.4, 0.5) is 11.4 Å². The van der Waals surface area contributed by atoms with Crippen LogP contribution in [0.15, 0.2) is 42.5 Å². The number of nitrogens with one attached hydrogen (secondary N) is 1. The number of carbonyl (C=O) groups is 1. The Bertz CT molecular complexity index is 606. The zero-order chi connectivity index (χ0) is 14.5. The van der Waals surface area contributed by atoms with Gasteiger partial charge in [0.15, 0.2) is 5.78 Å². The molecule has 0 fully saturated rings. The van der Waals surface area contributed by atoms with E-state index in [9.17, 15) is 9.90 Å². The van der Waals surface area contributed by atoms with Crippen LogP contribution in [0.3, 0.4) is 0 Å². The van der Waals surface area contributed by atoms with Crippen LogP contribution < -0.4 is 11.1 Å². The van der Waals surface area contributed by atoms with E-state index in [1.54, 1.807) is 24.3 Å². The zero-order valence-electron chi connectivity index (χ0n) is 11.4. The molecule has 4 nitrogen and oxygen atoms in total. The average molecular weight is 270 g/mol. The van der Waals surface area contributed by atoms with Gasteiger partial charge in [0.2, 0.25) is 0 Å². The van der Waals surface area contributed by atoms with Crippen molar-refractivity contribution in [3.63, 3.8) is 0 Å². The molecule has 2 aromatic carbocycles. The Kier molecular flexibility index (Phi) is 4.25. The molecular weight excluding hydrogens is 252 g/mol. The van der Waals surface area contributed by atoms with E-state index in [0.717, 1.165) is 24.2 Å². The molecule has 20 heavy (non-hydrogen) atoms. The first-order valence-corrected chi connectivity index (χ1v) is 6.48. The van der Waals surface area contributed by atoms with Crippen molar-refractivity contribution in [3.05, 3.63) is 53.6 Å². The molecule has 4 N–H and O–H groups in total. The second-order valence-corrected chi connectivity index (χ2v) is 4.70. The van der Waals surface area contributed by atoms with Gasteiger partial charge in [-0.15, -0.1) is 0 Å². The summed E-state index contributed by atoms with van der Waals surface area (Å²) in [6, 6.07) is 12.5. The summed E-state index contributed by atoms with van der Waals surface area (Å²) in [5, 5.41) is 12.5. The van der Waals surface area contributed by atoms with E-state index in [1.807, 2.05) is 18.2 Å². The van der Waals surface area contributed by atoms with Gasteiger partial charge in [0.25, 0.3) is 0 Å². The van der Waals surface area contributed by atoms with Crippen molar-refractivity contribution in [1.29, 1.82) is 0 Å². The Balaban J connectivity index is 1.92. The Hall–Kier alpha value is -2.49. The number of phenolic OH excluding ortho intramolecular Hbond substituents is 1. The topological polar surface area (TPSA) is 75.3 Å². The maximum absolute atomic E-state index is 11.3. The first kappa shape index (κ1) is 13.9. The summed E-state index contributed by atoms with van der Waals surface area (Å²) in [6.07, 6.45) is 0.842. The molecule has 104 valence electrons. The third-order valence-corrected chi connectivity index (χ3v) is 3.11. The van der Waals surface area contributed by atoms with Crippen LogP contribution in [0.25, 0.3) is 0 Å². The summed E-state index contributed by atoms with van der Waals surface area (Å²) in [7, 11) is 0. The van der Waals surface area contributed by atoms with Gasteiger partial charge >= 0.3 is 0 Å². The number of nitrogens with two attached hydrogens (primary N) is 1. The highest BCUT2D eigenvalue weighted by Gasteiger charge is 2.04.